The van der Waals surface area contributed by atoms with Gasteiger partial charge in [-0.1, -0.05) is 12.1 Å². The minimum absolute atomic E-state index is 0.235. The van der Waals surface area contributed by atoms with Crippen molar-refractivity contribution in [2.75, 3.05) is 19.7 Å². The lowest BCUT2D eigenvalue weighted by molar-refractivity contribution is 0.0696. The van der Waals surface area contributed by atoms with Gasteiger partial charge in [-0.2, -0.15) is 5.10 Å². The number of aromatic nitrogens is 2. The Morgan fingerprint density at radius 1 is 1.36 bits per heavy atom. The standard InChI is InChI=1S/C16H19N3O3/c20-11-12-5-6-18(8-12)9-13-7-17-19(10-13)15-4-2-1-3-14(15)16(21)22/h1-4,7,10,12,20H,5-6,8-9,11H2,(H,21,22)/t12-/m0/s1. The van der Waals surface area contributed by atoms with E-state index in [4.69, 9.17) is 0 Å². The van der Waals surface area contributed by atoms with E-state index < -0.39 is 5.97 Å². The molecule has 1 aromatic heterocycles. The topological polar surface area (TPSA) is 78.6 Å². The number of nitrogens with zero attached hydrogens (tertiary/aromatic N) is 3. The van der Waals surface area contributed by atoms with Crippen LogP contribution in [0, 0.1) is 5.92 Å². The Labute approximate surface area is 128 Å². The first-order valence-corrected chi connectivity index (χ1v) is 7.37. The van der Waals surface area contributed by atoms with Crippen LogP contribution in [0.15, 0.2) is 36.7 Å². The third-order valence-corrected chi connectivity index (χ3v) is 4.05. The van der Waals surface area contributed by atoms with Crippen LogP contribution in [0.2, 0.25) is 0 Å². The fourth-order valence-electron chi connectivity index (χ4n) is 2.89. The molecule has 6 heteroatoms. The molecule has 0 aliphatic carbocycles. The Kier molecular flexibility index (Phi) is 4.22. The summed E-state index contributed by atoms with van der Waals surface area (Å²) in [6.07, 6.45) is 4.66. The largest absolute Gasteiger partial charge is 0.478 e. The zero-order valence-corrected chi connectivity index (χ0v) is 12.2. The molecule has 116 valence electrons. The van der Waals surface area contributed by atoms with Gasteiger partial charge in [-0.15, -0.1) is 0 Å². The molecule has 0 bridgehead atoms. The summed E-state index contributed by atoms with van der Waals surface area (Å²) in [5, 5.41) is 22.7. The average Bonchev–Trinajstić information content (AvgIpc) is 3.17. The summed E-state index contributed by atoms with van der Waals surface area (Å²) in [6, 6.07) is 6.83. The number of rotatable bonds is 5. The van der Waals surface area contributed by atoms with Crippen LogP contribution in [0.5, 0.6) is 0 Å². The highest BCUT2D eigenvalue weighted by molar-refractivity contribution is 5.91. The van der Waals surface area contributed by atoms with Crippen LogP contribution in [0.25, 0.3) is 5.69 Å². The molecular formula is C16H19N3O3. The van der Waals surface area contributed by atoms with Gasteiger partial charge >= 0.3 is 5.97 Å². The molecule has 2 heterocycles. The van der Waals surface area contributed by atoms with Crippen LogP contribution in [-0.4, -0.2) is 50.6 Å². The van der Waals surface area contributed by atoms with E-state index in [1.807, 2.05) is 6.20 Å². The quantitative estimate of drug-likeness (QED) is 0.872. The Balaban J connectivity index is 1.76. The smallest absolute Gasteiger partial charge is 0.337 e. The van der Waals surface area contributed by atoms with Gasteiger partial charge in [0.15, 0.2) is 0 Å². The number of benzene rings is 1. The maximum atomic E-state index is 11.3. The van der Waals surface area contributed by atoms with Crippen molar-refractivity contribution in [2.24, 2.45) is 5.92 Å². The number of hydrogen-bond donors (Lipinski definition) is 2. The molecule has 0 amide bonds. The van der Waals surface area contributed by atoms with Gasteiger partial charge in [-0.25, -0.2) is 9.48 Å². The van der Waals surface area contributed by atoms with Crippen LogP contribution < -0.4 is 0 Å². The molecule has 0 spiro atoms. The monoisotopic (exact) mass is 301 g/mol. The maximum absolute atomic E-state index is 11.3. The van der Waals surface area contributed by atoms with Crippen molar-refractivity contribution in [3.8, 4) is 5.69 Å². The number of carboxylic acid groups (broad SMARTS) is 1. The van der Waals surface area contributed by atoms with Crippen LogP contribution in [0.4, 0.5) is 0 Å². The van der Waals surface area contributed by atoms with Gasteiger partial charge in [0.05, 0.1) is 17.4 Å². The molecule has 1 fully saturated rings. The summed E-state index contributed by atoms with van der Waals surface area (Å²) < 4.78 is 1.61. The first kappa shape index (κ1) is 14.7. The van der Waals surface area contributed by atoms with Crippen LogP contribution >= 0.6 is 0 Å². The normalized spacial score (nSPS) is 18.7. The Morgan fingerprint density at radius 2 is 2.18 bits per heavy atom. The lowest BCUT2D eigenvalue weighted by Gasteiger charge is -2.13. The van der Waals surface area contributed by atoms with Crippen molar-refractivity contribution in [3.05, 3.63) is 47.8 Å². The highest BCUT2D eigenvalue weighted by Crippen LogP contribution is 2.19. The number of aliphatic hydroxyl groups excluding tert-OH is 1. The van der Waals surface area contributed by atoms with Gasteiger partial charge in [0.1, 0.15) is 0 Å². The number of hydrogen-bond acceptors (Lipinski definition) is 4. The molecule has 1 saturated heterocycles. The van der Waals surface area contributed by atoms with Gasteiger partial charge < -0.3 is 10.2 Å². The molecule has 3 rings (SSSR count). The number of carboxylic acids is 1. The van der Waals surface area contributed by atoms with Gasteiger partial charge in [0.25, 0.3) is 0 Å². The molecular weight excluding hydrogens is 282 g/mol. The number of carbonyl (C=O) groups is 1. The van der Waals surface area contributed by atoms with E-state index in [1.54, 1.807) is 35.1 Å². The summed E-state index contributed by atoms with van der Waals surface area (Å²) in [5.41, 5.74) is 1.84. The van der Waals surface area contributed by atoms with E-state index in [1.165, 1.54) is 0 Å². The second-order valence-electron chi connectivity index (χ2n) is 5.69. The molecule has 0 saturated carbocycles. The third-order valence-electron chi connectivity index (χ3n) is 4.05. The first-order valence-electron chi connectivity index (χ1n) is 7.37. The zero-order chi connectivity index (χ0) is 15.5. The fourth-order valence-corrected chi connectivity index (χ4v) is 2.89. The minimum atomic E-state index is -0.960. The van der Waals surface area contributed by atoms with Crippen molar-refractivity contribution in [1.82, 2.24) is 14.7 Å². The van der Waals surface area contributed by atoms with Crippen LogP contribution in [-0.2, 0) is 6.54 Å². The lowest BCUT2D eigenvalue weighted by Crippen LogP contribution is -2.20. The van der Waals surface area contributed by atoms with Crippen LogP contribution in [0.1, 0.15) is 22.3 Å². The second-order valence-corrected chi connectivity index (χ2v) is 5.69. The van der Waals surface area contributed by atoms with E-state index in [0.29, 0.717) is 11.6 Å². The van der Waals surface area contributed by atoms with Gasteiger partial charge in [0.2, 0.25) is 0 Å². The summed E-state index contributed by atoms with van der Waals surface area (Å²) in [4.78, 5) is 13.6. The highest BCUT2D eigenvalue weighted by Gasteiger charge is 2.22. The average molecular weight is 301 g/mol. The first-order chi connectivity index (χ1) is 10.7. The summed E-state index contributed by atoms with van der Waals surface area (Å²) >= 11 is 0. The van der Waals surface area contributed by atoms with E-state index >= 15 is 0 Å². The Hall–Kier alpha value is -2.18. The van der Waals surface area contributed by atoms with E-state index in [-0.39, 0.29) is 12.2 Å². The third kappa shape index (κ3) is 3.03. The molecule has 1 aromatic carbocycles. The number of aliphatic hydroxyl groups is 1. The molecule has 1 aliphatic rings. The predicted octanol–water partition coefficient (Wildman–Crippen LogP) is 1.38. The molecule has 2 aromatic rings. The van der Waals surface area contributed by atoms with Crippen molar-refractivity contribution in [1.29, 1.82) is 0 Å². The molecule has 6 nitrogen and oxygen atoms in total. The number of para-hydroxylation sites is 1. The minimum Gasteiger partial charge on any atom is -0.478 e. The Bertz CT molecular complexity index is 668. The van der Waals surface area contributed by atoms with E-state index in [9.17, 15) is 15.0 Å². The van der Waals surface area contributed by atoms with Gasteiger partial charge in [-0.05, 0) is 31.0 Å². The molecule has 1 atom stereocenters. The molecule has 1 aliphatic heterocycles. The molecule has 0 unspecified atom stereocenters. The maximum Gasteiger partial charge on any atom is 0.337 e. The zero-order valence-electron chi connectivity index (χ0n) is 12.2. The summed E-state index contributed by atoms with van der Waals surface area (Å²) in [7, 11) is 0. The summed E-state index contributed by atoms with van der Waals surface area (Å²) in [5.74, 6) is -0.597. The predicted molar refractivity (Wildman–Crippen MR) is 81.0 cm³/mol. The number of aromatic carboxylic acids is 1. The van der Waals surface area contributed by atoms with Gasteiger partial charge in [0, 0.05) is 31.5 Å². The number of likely N-dealkylation sites (tertiary alicyclic amines) is 1. The van der Waals surface area contributed by atoms with Crippen molar-refractivity contribution in [2.45, 2.75) is 13.0 Å². The fraction of sp³-hybridized carbons (Fsp3) is 0.375. The van der Waals surface area contributed by atoms with Crippen molar-refractivity contribution >= 4 is 5.97 Å². The van der Waals surface area contributed by atoms with Gasteiger partial charge in [-0.3, -0.25) is 4.90 Å². The molecule has 2 N–H and O–H groups in total. The lowest BCUT2D eigenvalue weighted by atomic mass is 10.1. The van der Waals surface area contributed by atoms with Crippen molar-refractivity contribution < 1.29 is 15.0 Å². The molecule has 0 radical (unpaired) electrons. The van der Waals surface area contributed by atoms with Crippen LogP contribution in [0.3, 0.4) is 0 Å². The highest BCUT2D eigenvalue weighted by atomic mass is 16.4. The molecule has 22 heavy (non-hydrogen) atoms. The second kappa shape index (κ2) is 6.29. The summed E-state index contributed by atoms with van der Waals surface area (Å²) in [6.45, 7) is 2.88. The Morgan fingerprint density at radius 3 is 2.91 bits per heavy atom. The van der Waals surface area contributed by atoms with E-state index in [0.717, 1.165) is 31.6 Å². The van der Waals surface area contributed by atoms with E-state index in [2.05, 4.69) is 10.00 Å². The van der Waals surface area contributed by atoms with Crippen molar-refractivity contribution in [3.63, 3.8) is 0 Å². The SMILES string of the molecule is O=C(O)c1ccccc1-n1cc(CN2CC[C@H](CO)C2)cn1.